The highest BCUT2D eigenvalue weighted by molar-refractivity contribution is 7.10. The van der Waals surface area contributed by atoms with E-state index in [1.165, 1.54) is 17.4 Å². The molecule has 1 heterocycles. The van der Waals surface area contributed by atoms with Crippen molar-refractivity contribution in [1.29, 1.82) is 0 Å². The molecule has 1 aromatic carbocycles. The summed E-state index contributed by atoms with van der Waals surface area (Å²) in [5.74, 6) is -2.29. The molecule has 112 valence electrons. The third-order valence-electron chi connectivity index (χ3n) is 3.03. The molecular formula is C15H15F2NO2S. The molecule has 6 heteroatoms. The minimum atomic E-state index is -1.15. The van der Waals surface area contributed by atoms with Crippen LogP contribution in [-0.2, 0) is 16.8 Å². The molecule has 0 aliphatic rings. The summed E-state index contributed by atoms with van der Waals surface area (Å²) in [5, 5.41) is 14.7. The van der Waals surface area contributed by atoms with Crippen molar-refractivity contribution in [1.82, 2.24) is 5.32 Å². The molecular weight excluding hydrogens is 296 g/mol. The molecule has 0 aliphatic heterocycles. The van der Waals surface area contributed by atoms with Crippen molar-refractivity contribution in [3.8, 4) is 0 Å². The van der Waals surface area contributed by atoms with E-state index >= 15 is 0 Å². The molecule has 1 atom stereocenters. The number of amides is 1. The molecule has 2 aromatic rings. The Bertz CT molecular complexity index is 627. The average Bonchev–Trinajstić information content (AvgIpc) is 2.96. The number of hydrogen-bond acceptors (Lipinski definition) is 3. The fourth-order valence-electron chi connectivity index (χ4n) is 1.84. The van der Waals surface area contributed by atoms with Crippen molar-refractivity contribution in [3.05, 3.63) is 57.8 Å². The Morgan fingerprint density at radius 2 is 2.10 bits per heavy atom. The highest BCUT2D eigenvalue weighted by atomic mass is 32.1. The fraction of sp³-hybridized carbons (Fsp3) is 0.267. The second-order valence-electron chi connectivity index (χ2n) is 4.95. The molecule has 0 fully saturated rings. The lowest BCUT2D eigenvalue weighted by Gasteiger charge is -2.22. The number of carbonyl (C=O) groups excluding carboxylic acids is 1. The van der Waals surface area contributed by atoms with Gasteiger partial charge in [-0.25, -0.2) is 8.78 Å². The van der Waals surface area contributed by atoms with E-state index in [0.717, 1.165) is 17.0 Å². The van der Waals surface area contributed by atoms with E-state index < -0.39 is 17.2 Å². The molecule has 1 amide bonds. The Labute approximate surface area is 125 Å². The van der Waals surface area contributed by atoms with E-state index in [2.05, 4.69) is 5.32 Å². The summed E-state index contributed by atoms with van der Waals surface area (Å²) in [6.45, 7) is 1.66. The van der Waals surface area contributed by atoms with Crippen LogP contribution < -0.4 is 5.32 Å². The zero-order valence-corrected chi connectivity index (χ0v) is 12.2. The lowest BCUT2D eigenvalue weighted by molar-refractivity contribution is -0.121. The number of nitrogens with one attached hydrogen (secondary N) is 1. The lowest BCUT2D eigenvalue weighted by atomic mass is 10.0. The first-order valence-electron chi connectivity index (χ1n) is 6.35. The molecule has 0 spiro atoms. The lowest BCUT2D eigenvalue weighted by Crippen LogP contribution is -2.38. The highest BCUT2D eigenvalue weighted by Crippen LogP contribution is 2.24. The maximum Gasteiger partial charge on any atom is 0.224 e. The summed E-state index contributed by atoms with van der Waals surface area (Å²) in [5.41, 5.74) is -0.778. The zero-order chi connectivity index (χ0) is 15.5. The quantitative estimate of drug-likeness (QED) is 0.892. The molecule has 0 radical (unpaired) electrons. The molecule has 3 nitrogen and oxygen atoms in total. The second kappa shape index (κ2) is 6.32. The van der Waals surface area contributed by atoms with E-state index in [-0.39, 0.29) is 18.9 Å². The van der Waals surface area contributed by atoms with Crippen LogP contribution in [0.5, 0.6) is 0 Å². The highest BCUT2D eigenvalue weighted by Gasteiger charge is 2.24. The van der Waals surface area contributed by atoms with Crippen LogP contribution in [0, 0.1) is 11.6 Å². The predicted molar refractivity (Wildman–Crippen MR) is 77.0 cm³/mol. The normalized spacial score (nSPS) is 13.7. The summed E-state index contributed by atoms with van der Waals surface area (Å²) in [7, 11) is 0. The van der Waals surface area contributed by atoms with Crippen molar-refractivity contribution in [2.24, 2.45) is 0 Å². The third-order valence-corrected chi connectivity index (χ3v) is 4.15. The first kappa shape index (κ1) is 15.6. The van der Waals surface area contributed by atoms with Gasteiger partial charge < -0.3 is 10.4 Å². The van der Waals surface area contributed by atoms with Crippen molar-refractivity contribution < 1.29 is 18.7 Å². The number of halogens is 2. The van der Waals surface area contributed by atoms with Crippen LogP contribution in [-0.4, -0.2) is 17.6 Å². The van der Waals surface area contributed by atoms with E-state index in [1.54, 1.807) is 13.0 Å². The summed E-state index contributed by atoms with van der Waals surface area (Å²) >= 11 is 1.40. The largest absolute Gasteiger partial charge is 0.383 e. The van der Waals surface area contributed by atoms with Gasteiger partial charge in [-0.3, -0.25) is 4.79 Å². The minimum Gasteiger partial charge on any atom is -0.383 e. The van der Waals surface area contributed by atoms with Gasteiger partial charge in [-0.1, -0.05) is 12.1 Å². The van der Waals surface area contributed by atoms with Gasteiger partial charge in [-0.05, 0) is 36.1 Å². The SMILES string of the molecule is CC(O)(CNC(=O)Cc1ccc(F)c(F)c1)c1cccs1. The number of aliphatic hydroxyl groups is 1. The van der Waals surface area contributed by atoms with Crippen molar-refractivity contribution in [2.45, 2.75) is 18.9 Å². The van der Waals surface area contributed by atoms with Crippen molar-refractivity contribution in [2.75, 3.05) is 6.54 Å². The standard InChI is InChI=1S/C15H15F2NO2S/c1-15(20,13-3-2-6-21-13)9-18-14(19)8-10-4-5-11(16)12(17)7-10/h2-7,20H,8-9H2,1H3,(H,18,19). The first-order chi connectivity index (χ1) is 9.88. The van der Waals surface area contributed by atoms with Gasteiger partial charge in [0.05, 0.1) is 13.0 Å². The first-order valence-corrected chi connectivity index (χ1v) is 7.23. The number of hydrogen-bond donors (Lipinski definition) is 2. The van der Waals surface area contributed by atoms with Gasteiger partial charge in [0.25, 0.3) is 0 Å². The summed E-state index contributed by atoms with van der Waals surface area (Å²) in [4.78, 5) is 12.5. The smallest absolute Gasteiger partial charge is 0.224 e. The Hall–Kier alpha value is -1.79. The van der Waals surface area contributed by atoms with Gasteiger partial charge in [0.2, 0.25) is 5.91 Å². The molecule has 0 aliphatic carbocycles. The van der Waals surface area contributed by atoms with Gasteiger partial charge in [0.1, 0.15) is 5.60 Å². The number of carbonyl (C=O) groups is 1. The Morgan fingerprint density at radius 1 is 1.33 bits per heavy atom. The van der Waals surface area contributed by atoms with Crippen LogP contribution in [0.1, 0.15) is 17.4 Å². The van der Waals surface area contributed by atoms with E-state index in [9.17, 15) is 18.7 Å². The Balaban J connectivity index is 1.91. The predicted octanol–water partition coefficient (Wildman–Crippen LogP) is 2.59. The Kier molecular flexibility index (Phi) is 4.69. The minimum absolute atomic E-state index is 0.0516. The molecule has 1 unspecified atom stereocenters. The molecule has 0 saturated carbocycles. The molecule has 21 heavy (non-hydrogen) atoms. The van der Waals surface area contributed by atoms with Crippen LogP contribution in [0.15, 0.2) is 35.7 Å². The number of benzene rings is 1. The average molecular weight is 311 g/mol. The summed E-state index contributed by atoms with van der Waals surface area (Å²) in [6, 6.07) is 6.94. The molecule has 0 saturated heterocycles. The fourth-order valence-corrected chi connectivity index (χ4v) is 2.63. The molecule has 1 aromatic heterocycles. The monoisotopic (exact) mass is 311 g/mol. The molecule has 0 bridgehead atoms. The van der Waals surface area contributed by atoms with Gasteiger partial charge >= 0.3 is 0 Å². The van der Waals surface area contributed by atoms with Gasteiger partial charge in [0, 0.05) is 4.88 Å². The van der Waals surface area contributed by atoms with Gasteiger partial charge in [0.15, 0.2) is 11.6 Å². The topological polar surface area (TPSA) is 49.3 Å². The maximum absolute atomic E-state index is 13.0. The van der Waals surface area contributed by atoms with Crippen LogP contribution >= 0.6 is 11.3 Å². The van der Waals surface area contributed by atoms with E-state index in [1.807, 2.05) is 11.4 Å². The Morgan fingerprint density at radius 3 is 2.71 bits per heavy atom. The van der Waals surface area contributed by atoms with Crippen LogP contribution in [0.3, 0.4) is 0 Å². The summed E-state index contributed by atoms with van der Waals surface area (Å²) in [6.07, 6.45) is -0.0717. The summed E-state index contributed by atoms with van der Waals surface area (Å²) < 4.78 is 25.8. The molecule has 2 N–H and O–H groups in total. The maximum atomic E-state index is 13.0. The van der Waals surface area contributed by atoms with Crippen LogP contribution in [0.25, 0.3) is 0 Å². The zero-order valence-electron chi connectivity index (χ0n) is 11.4. The second-order valence-corrected chi connectivity index (χ2v) is 5.90. The van der Waals surface area contributed by atoms with Crippen LogP contribution in [0.2, 0.25) is 0 Å². The number of thiophene rings is 1. The van der Waals surface area contributed by atoms with E-state index in [0.29, 0.717) is 5.56 Å². The molecule has 2 rings (SSSR count). The van der Waals surface area contributed by atoms with Gasteiger partial charge in [-0.2, -0.15) is 0 Å². The number of rotatable bonds is 5. The van der Waals surface area contributed by atoms with E-state index in [4.69, 9.17) is 0 Å². The van der Waals surface area contributed by atoms with Crippen LogP contribution in [0.4, 0.5) is 8.78 Å². The van der Waals surface area contributed by atoms with Gasteiger partial charge in [-0.15, -0.1) is 11.3 Å². The van der Waals surface area contributed by atoms with Crippen molar-refractivity contribution in [3.63, 3.8) is 0 Å². The third kappa shape index (κ3) is 4.09. The van der Waals surface area contributed by atoms with Crippen molar-refractivity contribution >= 4 is 17.2 Å².